The fourth-order valence-corrected chi connectivity index (χ4v) is 3.15. The summed E-state index contributed by atoms with van der Waals surface area (Å²) >= 11 is 0. The summed E-state index contributed by atoms with van der Waals surface area (Å²) < 4.78 is 0. The first kappa shape index (κ1) is 9.51. The van der Waals surface area contributed by atoms with Crippen molar-refractivity contribution in [3.05, 3.63) is 0 Å². The van der Waals surface area contributed by atoms with Crippen molar-refractivity contribution in [2.45, 2.75) is 57.9 Å². The molecule has 0 aromatic heterocycles. The van der Waals surface area contributed by atoms with Crippen molar-refractivity contribution in [3.8, 4) is 0 Å². The van der Waals surface area contributed by atoms with E-state index in [0.717, 1.165) is 11.8 Å². The molecule has 1 aliphatic carbocycles. The van der Waals surface area contributed by atoms with Gasteiger partial charge in [-0.2, -0.15) is 0 Å². The molecule has 1 saturated carbocycles. The lowest BCUT2D eigenvalue weighted by Crippen LogP contribution is -2.46. The molecule has 1 spiro atoms. The highest BCUT2D eigenvalue weighted by Gasteiger charge is 2.40. The van der Waals surface area contributed by atoms with Crippen LogP contribution >= 0.6 is 0 Å². The Hall–Kier alpha value is -0.0400. The van der Waals surface area contributed by atoms with E-state index in [-0.39, 0.29) is 0 Å². The summed E-state index contributed by atoms with van der Waals surface area (Å²) in [5.41, 5.74) is 0.577. The first-order valence-electron chi connectivity index (χ1n) is 5.97. The second kappa shape index (κ2) is 3.61. The third-order valence-corrected chi connectivity index (χ3v) is 4.17. The molecule has 0 bridgehead atoms. The molecule has 1 aliphatic heterocycles. The van der Waals surface area contributed by atoms with Gasteiger partial charge in [0.15, 0.2) is 0 Å². The van der Waals surface area contributed by atoms with Gasteiger partial charge in [-0.1, -0.05) is 20.3 Å². The molecule has 2 atom stereocenters. The van der Waals surface area contributed by atoms with Gasteiger partial charge in [-0.15, -0.1) is 0 Å². The Labute approximate surface area is 82.3 Å². The van der Waals surface area contributed by atoms with Crippen molar-refractivity contribution < 1.29 is 0 Å². The molecule has 1 heterocycles. The van der Waals surface area contributed by atoms with E-state index >= 15 is 0 Å². The van der Waals surface area contributed by atoms with Crippen LogP contribution < -0.4 is 5.32 Å². The number of rotatable bonds is 1. The van der Waals surface area contributed by atoms with Crippen LogP contribution in [-0.4, -0.2) is 12.1 Å². The highest BCUT2D eigenvalue weighted by Crippen LogP contribution is 2.42. The summed E-state index contributed by atoms with van der Waals surface area (Å²) in [6.45, 7) is 6.03. The van der Waals surface area contributed by atoms with Gasteiger partial charge in [0.05, 0.1) is 0 Å². The maximum absolute atomic E-state index is 3.78. The van der Waals surface area contributed by atoms with Gasteiger partial charge in [0, 0.05) is 5.54 Å². The number of hydrogen-bond acceptors (Lipinski definition) is 1. The Bertz CT molecular complexity index is 168. The van der Waals surface area contributed by atoms with Gasteiger partial charge < -0.3 is 5.32 Å². The van der Waals surface area contributed by atoms with Crippen molar-refractivity contribution in [2.24, 2.45) is 11.8 Å². The van der Waals surface area contributed by atoms with E-state index in [1.807, 2.05) is 0 Å². The zero-order chi connectivity index (χ0) is 9.31. The molecule has 0 aromatic carbocycles. The SMILES string of the molecule is CC(C)C1CCC2(CCCCN2)C1. The first-order valence-corrected chi connectivity index (χ1v) is 5.97. The van der Waals surface area contributed by atoms with Crippen LogP contribution in [0, 0.1) is 11.8 Å². The molecule has 2 rings (SSSR count). The van der Waals surface area contributed by atoms with Crippen LogP contribution in [0.4, 0.5) is 0 Å². The number of piperidine rings is 1. The average molecular weight is 181 g/mol. The van der Waals surface area contributed by atoms with Crippen molar-refractivity contribution in [1.29, 1.82) is 0 Å². The summed E-state index contributed by atoms with van der Waals surface area (Å²) in [4.78, 5) is 0. The molecule has 1 heteroatoms. The molecule has 2 fully saturated rings. The largest absolute Gasteiger partial charge is 0.311 e. The fourth-order valence-electron chi connectivity index (χ4n) is 3.15. The highest BCUT2D eigenvalue weighted by atomic mass is 15.0. The van der Waals surface area contributed by atoms with Crippen molar-refractivity contribution in [2.75, 3.05) is 6.54 Å². The zero-order valence-electron chi connectivity index (χ0n) is 9.10. The summed E-state index contributed by atoms with van der Waals surface area (Å²) in [5.74, 6) is 1.88. The average Bonchev–Trinajstić information content (AvgIpc) is 2.51. The fraction of sp³-hybridized carbons (Fsp3) is 1.00. The molecule has 2 aliphatic rings. The molecule has 1 nitrogen and oxygen atoms in total. The Morgan fingerprint density at radius 1 is 1.23 bits per heavy atom. The van der Waals surface area contributed by atoms with Gasteiger partial charge in [-0.3, -0.25) is 0 Å². The van der Waals surface area contributed by atoms with Crippen LogP contribution in [0.25, 0.3) is 0 Å². The molecule has 0 amide bonds. The second-order valence-electron chi connectivity index (χ2n) is 5.41. The van der Waals surface area contributed by atoms with Gasteiger partial charge in [-0.05, 0) is 50.5 Å². The van der Waals surface area contributed by atoms with Crippen LogP contribution in [-0.2, 0) is 0 Å². The minimum Gasteiger partial charge on any atom is -0.311 e. The summed E-state index contributed by atoms with van der Waals surface area (Å²) in [6, 6.07) is 0. The summed E-state index contributed by atoms with van der Waals surface area (Å²) in [7, 11) is 0. The third kappa shape index (κ3) is 1.90. The van der Waals surface area contributed by atoms with Gasteiger partial charge in [0.1, 0.15) is 0 Å². The van der Waals surface area contributed by atoms with E-state index in [2.05, 4.69) is 19.2 Å². The zero-order valence-corrected chi connectivity index (χ0v) is 9.10. The van der Waals surface area contributed by atoms with E-state index in [1.54, 1.807) is 0 Å². The Morgan fingerprint density at radius 3 is 2.62 bits per heavy atom. The molecule has 2 unspecified atom stereocenters. The normalized spacial score (nSPS) is 40.4. The highest BCUT2D eigenvalue weighted by molar-refractivity contribution is 4.98. The topological polar surface area (TPSA) is 12.0 Å². The lowest BCUT2D eigenvalue weighted by atomic mass is 9.85. The Kier molecular flexibility index (Phi) is 2.64. The van der Waals surface area contributed by atoms with Crippen molar-refractivity contribution in [1.82, 2.24) is 5.32 Å². The van der Waals surface area contributed by atoms with Crippen LogP contribution in [0.2, 0.25) is 0 Å². The van der Waals surface area contributed by atoms with Crippen LogP contribution in [0.5, 0.6) is 0 Å². The predicted octanol–water partition coefficient (Wildman–Crippen LogP) is 2.95. The number of hydrogen-bond donors (Lipinski definition) is 1. The monoisotopic (exact) mass is 181 g/mol. The molecular formula is C12H23N. The van der Waals surface area contributed by atoms with E-state index < -0.39 is 0 Å². The van der Waals surface area contributed by atoms with Gasteiger partial charge in [-0.25, -0.2) is 0 Å². The standard InChI is InChI=1S/C12H23N/c1-10(2)11-5-7-12(9-11)6-3-4-8-13-12/h10-11,13H,3-9H2,1-2H3. The maximum Gasteiger partial charge on any atom is 0.0184 e. The Morgan fingerprint density at radius 2 is 2.08 bits per heavy atom. The van der Waals surface area contributed by atoms with Gasteiger partial charge >= 0.3 is 0 Å². The van der Waals surface area contributed by atoms with Crippen LogP contribution in [0.3, 0.4) is 0 Å². The van der Waals surface area contributed by atoms with Crippen molar-refractivity contribution >= 4 is 0 Å². The molecule has 1 saturated heterocycles. The van der Waals surface area contributed by atoms with E-state index in [0.29, 0.717) is 5.54 Å². The lowest BCUT2D eigenvalue weighted by Gasteiger charge is -2.35. The van der Waals surface area contributed by atoms with Gasteiger partial charge in [0.25, 0.3) is 0 Å². The third-order valence-electron chi connectivity index (χ3n) is 4.17. The van der Waals surface area contributed by atoms with E-state index in [4.69, 9.17) is 0 Å². The minimum absolute atomic E-state index is 0.577. The van der Waals surface area contributed by atoms with E-state index in [1.165, 1.54) is 45.1 Å². The molecular weight excluding hydrogens is 158 g/mol. The molecule has 0 radical (unpaired) electrons. The summed E-state index contributed by atoms with van der Waals surface area (Å²) in [6.07, 6.45) is 8.65. The summed E-state index contributed by atoms with van der Waals surface area (Å²) in [5, 5.41) is 3.78. The van der Waals surface area contributed by atoms with Crippen LogP contribution in [0.15, 0.2) is 0 Å². The van der Waals surface area contributed by atoms with Gasteiger partial charge in [0.2, 0.25) is 0 Å². The smallest absolute Gasteiger partial charge is 0.0184 e. The Balaban J connectivity index is 1.94. The quantitative estimate of drug-likeness (QED) is 0.656. The number of nitrogens with one attached hydrogen (secondary N) is 1. The predicted molar refractivity (Wildman–Crippen MR) is 56.8 cm³/mol. The van der Waals surface area contributed by atoms with Crippen molar-refractivity contribution in [3.63, 3.8) is 0 Å². The first-order chi connectivity index (χ1) is 6.22. The molecule has 13 heavy (non-hydrogen) atoms. The van der Waals surface area contributed by atoms with E-state index in [9.17, 15) is 0 Å². The second-order valence-corrected chi connectivity index (χ2v) is 5.41. The maximum atomic E-state index is 3.78. The molecule has 0 aromatic rings. The van der Waals surface area contributed by atoms with Crippen LogP contribution in [0.1, 0.15) is 52.4 Å². The molecule has 76 valence electrons. The lowest BCUT2D eigenvalue weighted by molar-refractivity contribution is 0.242. The molecule has 1 N–H and O–H groups in total. The minimum atomic E-state index is 0.577.